The summed E-state index contributed by atoms with van der Waals surface area (Å²) in [6, 6.07) is 78.9. The Morgan fingerprint density at radius 1 is 0.400 bits per heavy atom. The second-order valence-electron chi connectivity index (χ2n) is 18.6. The average Bonchev–Trinajstić information content (AvgIpc) is 3.44. The molecule has 0 radical (unpaired) electrons. The van der Waals surface area contributed by atoms with Crippen LogP contribution in [-0.4, -0.2) is 15.7 Å². The van der Waals surface area contributed by atoms with Crippen molar-refractivity contribution in [2.45, 2.75) is 19.0 Å². The third-order valence-corrected chi connectivity index (χ3v) is 14.6. The lowest BCUT2D eigenvalue weighted by molar-refractivity contribution is 0.616. The summed E-state index contributed by atoms with van der Waals surface area (Å²) in [5, 5.41) is 17.1. The summed E-state index contributed by atoms with van der Waals surface area (Å²) in [6.45, 7) is 0. The second-order valence-corrected chi connectivity index (χ2v) is 18.6. The minimum absolute atomic E-state index is 0.255. The maximum absolute atomic E-state index is 5.59. The molecule has 328 valence electrons. The van der Waals surface area contributed by atoms with Gasteiger partial charge in [-0.3, -0.25) is 4.99 Å². The predicted octanol–water partition coefficient (Wildman–Crippen LogP) is 16.8. The summed E-state index contributed by atoms with van der Waals surface area (Å²) in [7, 11) is 0. The number of hydrogen-bond acceptors (Lipinski definition) is 4. The van der Waals surface area contributed by atoms with Crippen molar-refractivity contribution in [2.75, 3.05) is 0 Å². The van der Waals surface area contributed by atoms with Crippen molar-refractivity contribution >= 4 is 70.5 Å². The van der Waals surface area contributed by atoms with Crippen LogP contribution in [0.4, 0.5) is 0 Å². The van der Waals surface area contributed by atoms with E-state index in [1.54, 1.807) is 0 Å². The Hall–Kier alpha value is -8.99. The van der Waals surface area contributed by atoms with E-state index in [0.717, 1.165) is 73.9 Å². The molecule has 12 aromatic rings. The Labute approximate surface area is 405 Å². The highest BCUT2D eigenvalue weighted by Crippen LogP contribution is 2.41. The first-order valence-corrected chi connectivity index (χ1v) is 24.3. The van der Waals surface area contributed by atoms with Gasteiger partial charge in [-0.25, -0.2) is 9.97 Å². The molecule has 1 atom stereocenters. The van der Waals surface area contributed by atoms with Crippen molar-refractivity contribution in [3.8, 4) is 44.9 Å². The van der Waals surface area contributed by atoms with E-state index >= 15 is 0 Å². The van der Waals surface area contributed by atoms with Crippen LogP contribution in [0.2, 0.25) is 0 Å². The van der Waals surface area contributed by atoms with Crippen LogP contribution in [0.5, 0.6) is 0 Å². The fourth-order valence-electron chi connectivity index (χ4n) is 11.2. The van der Waals surface area contributed by atoms with Crippen LogP contribution in [0.15, 0.2) is 247 Å². The van der Waals surface area contributed by atoms with E-state index in [4.69, 9.17) is 15.0 Å². The first kappa shape index (κ1) is 40.1. The highest BCUT2D eigenvalue weighted by molar-refractivity contribution is 6.22. The van der Waals surface area contributed by atoms with Gasteiger partial charge in [0, 0.05) is 33.3 Å². The molecule has 1 aromatic heterocycles. The molecule has 0 amide bonds. The number of aliphatic imine (C=N–C) groups is 1. The molecule has 11 aromatic carbocycles. The molecular weight excluding hydrogens is 849 g/mol. The summed E-state index contributed by atoms with van der Waals surface area (Å²) in [4.78, 5) is 16.3. The van der Waals surface area contributed by atoms with Crippen LogP contribution in [0.3, 0.4) is 0 Å². The largest absolute Gasteiger partial charge is 0.360 e. The maximum Gasteiger partial charge on any atom is 0.161 e. The third-order valence-electron chi connectivity index (χ3n) is 14.6. The van der Waals surface area contributed by atoms with Crippen LogP contribution >= 0.6 is 0 Å². The van der Waals surface area contributed by atoms with Gasteiger partial charge < -0.3 is 5.32 Å². The molecule has 4 heteroatoms. The molecule has 0 bridgehead atoms. The SMILES string of the molecule is C1=CC2=C(CC1)C(c1ccc(-c3nc(-c4ccc(-c5cc6ccccc6c6ccccc56)cc4)c4ccccc4n3)c3ccccc13)=NC(c1ccc(-c3cc4ccccc4c4ccccc34)cc1)N2. The number of hydrogen-bond donors (Lipinski definition) is 1. The van der Waals surface area contributed by atoms with Gasteiger partial charge in [-0.15, -0.1) is 0 Å². The lowest BCUT2D eigenvalue weighted by atomic mass is 9.87. The number of allylic oxidation sites excluding steroid dienone is 3. The molecule has 1 unspecified atom stereocenters. The number of fused-ring (bicyclic) bond motifs is 8. The molecule has 14 rings (SSSR count). The van der Waals surface area contributed by atoms with Crippen molar-refractivity contribution in [1.29, 1.82) is 0 Å². The first-order valence-electron chi connectivity index (χ1n) is 24.3. The smallest absolute Gasteiger partial charge is 0.161 e. The van der Waals surface area contributed by atoms with E-state index in [1.807, 2.05) is 0 Å². The quantitative estimate of drug-likeness (QED) is 0.169. The third kappa shape index (κ3) is 6.63. The van der Waals surface area contributed by atoms with Gasteiger partial charge in [0.05, 0.1) is 16.9 Å². The minimum atomic E-state index is -0.255. The molecule has 0 saturated heterocycles. The second kappa shape index (κ2) is 16.4. The van der Waals surface area contributed by atoms with Crippen LogP contribution in [-0.2, 0) is 0 Å². The van der Waals surface area contributed by atoms with Crippen molar-refractivity contribution in [1.82, 2.24) is 15.3 Å². The van der Waals surface area contributed by atoms with Gasteiger partial charge in [-0.1, -0.05) is 200 Å². The predicted molar refractivity (Wildman–Crippen MR) is 293 cm³/mol. The fraction of sp³-hybridized carbons (Fsp3) is 0.0455. The number of nitrogens with zero attached hydrogens (tertiary/aromatic N) is 3. The normalized spacial score (nSPS) is 14.7. The summed E-state index contributed by atoms with van der Waals surface area (Å²) in [5.41, 5.74) is 14.4. The number of para-hydroxylation sites is 1. The lowest BCUT2D eigenvalue weighted by Crippen LogP contribution is -2.29. The molecule has 70 heavy (non-hydrogen) atoms. The molecule has 4 nitrogen and oxygen atoms in total. The topological polar surface area (TPSA) is 50.2 Å². The van der Waals surface area contributed by atoms with E-state index in [9.17, 15) is 0 Å². The molecular formula is C66H44N4. The van der Waals surface area contributed by atoms with E-state index < -0.39 is 0 Å². The standard InChI is InChI=1S/C66H44N4/c1-3-17-47-45(15-1)39-59(53-23-9-5-19-49(47)53)41-29-33-43(34-30-41)63-57-25-11-13-27-61(57)68-66(69-63)56-38-37-55(51-21-7-8-22-52(51)56)64-58-26-12-14-28-62(58)67-65(70-64)44-35-31-42(32-36-44)60-40-46-16-2-4-18-48(46)50-20-6-10-24-54(50)60/h1-11,13-25,27-40,65,67H,12,26H2. The molecule has 2 aliphatic rings. The van der Waals surface area contributed by atoms with E-state index in [-0.39, 0.29) is 6.17 Å². The maximum atomic E-state index is 5.59. The number of benzene rings is 11. The molecule has 2 heterocycles. The molecule has 0 fully saturated rings. The Balaban J connectivity index is 0.847. The Bertz CT molecular complexity index is 4200. The van der Waals surface area contributed by atoms with Crippen molar-refractivity contribution in [2.24, 2.45) is 4.99 Å². The zero-order valence-electron chi connectivity index (χ0n) is 38.3. The Morgan fingerprint density at radius 3 is 1.51 bits per heavy atom. The zero-order valence-corrected chi connectivity index (χ0v) is 38.3. The van der Waals surface area contributed by atoms with Gasteiger partial charge in [0.1, 0.15) is 6.17 Å². The molecule has 1 aliphatic heterocycles. The van der Waals surface area contributed by atoms with Crippen LogP contribution in [0.1, 0.15) is 30.1 Å². The molecule has 1 N–H and O–H groups in total. The highest BCUT2D eigenvalue weighted by atomic mass is 15.1. The van der Waals surface area contributed by atoms with Crippen molar-refractivity contribution in [3.05, 3.63) is 253 Å². The first-order chi connectivity index (χ1) is 34.7. The van der Waals surface area contributed by atoms with Gasteiger partial charge in [0.25, 0.3) is 0 Å². The summed E-state index contributed by atoms with van der Waals surface area (Å²) < 4.78 is 0. The fourth-order valence-corrected chi connectivity index (χ4v) is 11.2. The highest BCUT2D eigenvalue weighted by Gasteiger charge is 2.27. The van der Waals surface area contributed by atoms with Gasteiger partial charge >= 0.3 is 0 Å². The summed E-state index contributed by atoms with van der Waals surface area (Å²) >= 11 is 0. The monoisotopic (exact) mass is 892 g/mol. The van der Waals surface area contributed by atoms with Crippen molar-refractivity contribution in [3.63, 3.8) is 0 Å². The Morgan fingerprint density at radius 2 is 0.886 bits per heavy atom. The van der Waals surface area contributed by atoms with Crippen LogP contribution in [0, 0.1) is 0 Å². The van der Waals surface area contributed by atoms with Crippen LogP contribution in [0.25, 0.3) is 110 Å². The van der Waals surface area contributed by atoms with Gasteiger partial charge in [0.15, 0.2) is 5.82 Å². The van der Waals surface area contributed by atoms with E-state index in [0.29, 0.717) is 5.82 Å². The number of aromatic nitrogens is 2. The van der Waals surface area contributed by atoms with Crippen LogP contribution < -0.4 is 5.32 Å². The minimum Gasteiger partial charge on any atom is -0.360 e. The van der Waals surface area contributed by atoms with Gasteiger partial charge in [0.2, 0.25) is 0 Å². The van der Waals surface area contributed by atoms with E-state index in [2.05, 4.69) is 236 Å². The summed E-state index contributed by atoms with van der Waals surface area (Å²) in [6.07, 6.45) is 6.15. The molecule has 0 saturated carbocycles. The van der Waals surface area contributed by atoms with Gasteiger partial charge in [-0.05, 0) is 125 Å². The Kier molecular flexibility index (Phi) is 9.38. The number of rotatable bonds is 6. The summed E-state index contributed by atoms with van der Waals surface area (Å²) in [5.74, 6) is 0.700. The zero-order chi connectivity index (χ0) is 46.1. The molecule has 1 aliphatic carbocycles. The number of nitrogens with one attached hydrogen (secondary N) is 1. The molecule has 0 spiro atoms. The van der Waals surface area contributed by atoms with E-state index in [1.165, 1.54) is 70.9 Å². The average molecular weight is 893 g/mol. The van der Waals surface area contributed by atoms with Crippen molar-refractivity contribution < 1.29 is 0 Å². The lowest BCUT2D eigenvalue weighted by Gasteiger charge is -2.30. The van der Waals surface area contributed by atoms with Gasteiger partial charge in [-0.2, -0.15) is 0 Å².